The van der Waals surface area contributed by atoms with Crippen molar-refractivity contribution >= 4 is 5.69 Å². The molecule has 0 aliphatic rings. The number of unbranched alkanes of at least 4 members (excludes halogenated alkanes) is 3. The molecule has 17 heavy (non-hydrogen) atoms. The summed E-state index contributed by atoms with van der Waals surface area (Å²) in [5.41, 5.74) is 1.32. The maximum atomic E-state index is 3.31. The summed E-state index contributed by atoms with van der Waals surface area (Å²) in [6.07, 6.45) is 4.85. The summed E-state index contributed by atoms with van der Waals surface area (Å²) in [5.74, 6) is 6.59. The van der Waals surface area contributed by atoms with Crippen LogP contribution in [-0.4, -0.2) is 20.6 Å². The molecule has 0 aliphatic heterocycles. The molecule has 0 amide bonds. The molecule has 1 rings (SSSR count). The minimum Gasteiger partial charge on any atom is -0.286 e. The molecule has 0 spiro atoms. The van der Waals surface area contributed by atoms with Gasteiger partial charge in [-0.1, -0.05) is 43.9 Å². The fourth-order valence-corrected chi connectivity index (χ4v) is 1.73. The van der Waals surface area contributed by atoms with E-state index in [2.05, 4.69) is 63.2 Å². The van der Waals surface area contributed by atoms with E-state index in [0.29, 0.717) is 0 Å². The van der Waals surface area contributed by atoms with Crippen LogP contribution in [0.15, 0.2) is 30.3 Å². The number of nitrogens with zero attached hydrogens (tertiary/aromatic N) is 1. The number of para-hydroxylation sites is 1. The molecule has 92 valence electrons. The molecule has 0 fully saturated rings. The lowest BCUT2D eigenvalue weighted by Gasteiger charge is -2.26. The molecule has 0 aromatic heterocycles. The second-order valence-electron chi connectivity index (χ2n) is 4.99. The van der Waals surface area contributed by atoms with Crippen LogP contribution in [0.5, 0.6) is 0 Å². The molecule has 1 aromatic carbocycles. The van der Waals surface area contributed by atoms with Gasteiger partial charge in [0.1, 0.15) is 12.2 Å². The van der Waals surface area contributed by atoms with Gasteiger partial charge in [0.05, 0.1) is 14.1 Å². The van der Waals surface area contributed by atoms with E-state index >= 15 is 0 Å². The van der Waals surface area contributed by atoms with E-state index in [4.69, 9.17) is 0 Å². The first-order chi connectivity index (χ1) is 8.17. The average molecular weight is 230 g/mol. The summed E-state index contributed by atoms with van der Waals surface area (Å²) in [7, 11) is 4.41. The van der Waals surface area contributed by atoms with Gasteiger partial charge in [0.25, 0.3) is 0 Å². The molecule has 1 aromatic rings. The Morgan fingerprint density at radius 3 is 2.35 bits per heavy atom. The predicted octanol–water partition coefficient (Wildman–Crippen LogP) is 3.84. The van der Waals surface area contributed by atoms with Crippen molar-refractivity contribution in [3.63, 3.8) is 0 Å². The zero-order chi connectivity index (χ0) is 12.6. The third kappa shape index (κ3) is 5.06. The van der Waals surface area contributed by atoms with Gasteiger partial charge in [-0.3, -0.25) is 4.48 Å². The molecule has 0 unspecified atom stereocenters. The Kier molecular flexibility index (Phi) is 5.80. The fraction of sp³-hybridized carbons (Fsp3) is 0.500. The normalized spacial score (nSPS) is 10.8. The maximum Gasteiger partial charge on any atom is 0.145 e. The zero-order valence-electron chi connectivity index (χ0n) is 11.4. The van der Waals surface area contributed by atoms with Gasteiger partial charge in [0.15, 0.2) is 0 Å². The molecule has 1 nitrogen and oxygen atoms in total. The highest BCUT2D eigenvalue weighted by Crippen LogP contribution is 2.16. The maximum absolute atomic E-state index is 3.31. The number of rotatable bonds is 5. The van der Waals surface area contributed by atoms with Crippen LogP contribution in [-0.2, 0) is 0 Å². The summed E-state index contributed by atoms with van der Waals surface area (Å²) in [6, 6.07) is 10.6. The fourth-order valence-electron chi connectivity index (χ4n) is 1.73. The van der Waals surface area contributed by atoms with E-state index in [1.807, 2.05) is 0 Å². The van der Waals surface area contributed by atoms with Crippen molar-refractivity contribution in [3.8, 4) is 11.8 Å². The molecule has 0 radical (unpaired) electrons. The van der Waals surface area contributed by atoms with Crippen LogP contribution in [0, 0.1) is 11.8 Å². The molecule has 0 saturated carbocycles. The van der Waals surface area contributed by atoms with E-state index in [0.717, 1.165) is 17.4 Å². The quantitative estimate of drug-likeness (QED) is 0.409. The highest BCUT2D eigenvalue weighted by Gasteiger charge is 2.15. The Morgan fingerprint density at radius 1 is 1.00 bits per heavy atom. The Bertz CT molecular complexity index is 368. The Labute approximate surface area is 106 Å². The molecule has 0 bridgehead atoms. The second-order valence-corrected chi connectivity index (χ2v) is 4.99. The number of hydrogen-bond donors (Lipinski definition) is 0. The molecule has 1 heteroatoms. The molecule has 0 saturated heterocycles. The van der Waals surface area contributed by atoms with Gasteiger partial charge in [-0.25, -0.2) is 0 Å². The van der Waals surface area contributed by atoms with E-state index in [9.17, 15) is 0 Å². The van der Waals surface area contributed by atoms with E-state index in [-0.39, 0.29) is 0 Å². The lowest BCUT2D eigenvalue weighted by atomic mass is 10.2. The molecule has 0 aliphatic carbocycles. The Hall–Kier alpha value is -1.26. The summed E-state index contributed by atoms with van der Waals surface area (Å²) in [5, 5.41) is 0. The van der Waals surface area contributed by atoms with Gasteiger partial charge in [0.2, 0.25) is 0 Å². The number of benzene rings is 1. The van der Waals surface area contributed by atoms with Crippen LogP contribution in [0.1, 0.15) is 32.6 Å². The molecule has 0 heterocycles. The summed E-state index contributed by atoms with van der Waals surface area (Å²) >= 11 is 0. The highest BCUT2D eigenvalue weighted by atomic mass is 15.3. The van der Waals surface area contributed by atoms with Crippen molar-refractivity contribution < 1.29 is 0 Å². The Morgan fingerprint density at radius 2 is 1.71 bits per heavy atom. The second kappa shape index (κ2) is 7.14. The van der Waals surface area contributed by atoms with Crippen LogP contribution in [0.25, 0.3) is 0 Å². The van der Waals surface area contributed by atoms with Crippen LogP contribution >= 0.6 is 0 Å². The zero-order valence-corrected chi connectivity index (χ0v) is 11.4. The molecular formula is C16H24N+. The van der Waals surface area contributed by atoms with Crippen LogP contribution in [0.4, 0.5) is 5.69 Å². The summed E-state index contributed by atoms with van der Waals surface area (Å²) in [4.78, 5) is 0. The predicted molar refractivity (Wildman–Crippen MR) is 76.9 cm³/mol. The van der Waals surface area contributed by atoms with Gasteiger partial charge in [-0.2, -0.15) is 0 Å². The van der Waals surface area contributed by atoms with Crippen LogP contribution in [0.2, 0.25) is 0 Å². The van der Waals surface area contributed by atoms with Crippen molar-refractivity contribution in [3.05, 3.63) is 30.3 Å². The van der Waals surface area contributed by atoms with Crippen molar-refractivity contribution in [1.82, 2.24) is 4.48 Å². The topological polar surface area (TPSA) is 0 Å². The first-order valence-electron chi connectivity index (χ1n) is 6.51. The monoisotopic (exact) mass is 230 g/mol. The number of hydrogen-bond acceptors (Lipinski definition) is 0. The minimum absolute atomic E-state index is 0.835. The van der Waals surface area contributed by atoms with E-state index in [1.165, 1.54) is 24.9 Å². The standard InChI is InChI=1S/C16H24N/c1-4-5-6-7-8-12-15-17(2,3)16-13-10-9-11-14-16/h9-11,13-14H,4-7,15H2,1-3H3/q+1. The lowest BCUT2D eigenvalue weighted by molar-refractivity contribution is 0.448. The van der Waals surface area contributed by atoms with Gasteiger partial charge in [-0.15, -0.1) is 0 Å². The smallest absolute Gasteiger partial charge is 0.145 e. The van der Waals surface area contributed by atoms with Crippen molar-refractivity contribution in [2.75, 3.05) is 20.6 Å². The summed E-state index contributed by atoms with van der Waals surface area (Å²) < 4.78 is 0.835. The van der Waals surface area contributed by atoms with Crippen molar-refractivity contribution in [2.24, 2.45) is 0 Å². The Balaban J connectivity index is 2.45. The van der Waals surface area contributed by atoms with Crippen LogP contribution < -0.4 is 4.48 Å². The minimum atomic E-state index is 0.835. The highest BCUT2D eigenvalue weighted by molar-refractivity contribution is 5.42. The third-order valence-corrected chi connectivity index (χ3v) is 2.96. The molecule has 0 N–H and O–H groups in total. The van der Waals surface area contributed by atoms with Crippen molar-refractivity contribution in [1.29, 1.82) is 0 Å². The summed E-state index contributed by atoms with van der Waals surface area (Å²) in [6.45, 7) is 3.11. The van der Waals surface area contributed by atoms with E-state index < -0.39 is 0 Å². The van der Waals surface area contributed by atoms with Gasteiger partial charge in [-0.05, 0) is 24.5 Å². The largest absolute Gasteiger partial charge is 0.286 e. The number of quaternary nitrogens is 1. The average Bonchev–Trinajstić information content (AvgIpc) is 2.35. The van der Waals surface area contributed by atoms with E-state index in [1.54, 1.807) is 0 Å². The third-order valence-electron chi connectivity index (χ3n) is 2.96. The van der Waals surface area contributed by atoms with Gasteiger partial charge >= 0.3 is 0 Å². The molecular weight excluding hydrogens is 206 g/mol. The van der Waals surface area contributed by atoms with Crippen LogP contribution in [0.3, 0.4) is 0 Å². The lowest BCUT2D eigenvalue weighted by Crippen LogP contribution is -2.40. The van der Waals surface area contributed by atoms with Gasteiger partial charge in [0, 0.05) is 6.42 Å². The van der Waals surface area contributed by atoms with Gasteiger partial charge < -0.3 is 0 Å². The first-order valence-corrected chi connectivity index (χ1v) is 6.51. The molecule has 0 atom stereocenters. The van der Waals surface area contributed by atoms with Crippen molar-refractivity contribution in [2.45, 2.75) is 32.6 Å². The SMILES string of the molecule is CCCCCC#CC[N+](C)(C)c1ccccc1. The first kappa shape index (κ1) is 13.8.